The first-order valence-electron chi connectivity index (χ1n) is 4.65. The molecule has 0 bridgehead atoms. The summed E-state index contributed by atoms with van der Waals surface area (Å²) in [6, 6.07) is 0. The van der Waals surface area contributed by atoms with Gasteiger partial charge < -0.3 is 5.32 Å². The molecule has 1 amide bonds. The Kier molecular flexibility index (Phi) is 7.20. The third-order valence-corrected chi connectivity index (χ3v) is 2.22. The predicted octanol–water partition coefficient (Wildman–Crippen LogP) is 2.04. The molecule has 0 spiro atoms. The summed E-state index contributed by atoms with van der Waals surface area (Å²) in [5, 5.41) is 6.05. The van der Waals surface area contributed by atoms with Crippen molar-refractivity contribution in [1.82, 2.24) is 10.7 Å². The van der Waals surface area contributed by atoms with Crippen LogP contribution in [0.4, 0.5) is 4.39 Å². The summed E-state index contributed by atoms with van der Waals surface area (Å²) in [4.78, 5) is 11.4. The monoisotopic (exact) mass is 247 g/mol. The van der Waals surface area contributed by atoms with E-state index in [1.807, 2.05) is 0 Å². The normalized spacial score (nSPS) is 12.9. The third kappa shape index (κ3) is 5.50. The summed E-state index contributed by atoms with van der Waals surface area (Å²) in [5.41, 5.74) is 2.64. The van der Waals surface area contributed by atoms with Crippen molar-refractivity contribution in [2.24, 2.45) is 5.10 Å². The zero-order valence-corrected chi connectivity index (χ0v) is 10.1. The topological polar surface area (TPSA) is 53.5 Å². The fourth-order valence-electron chi connectivity index (χ4n) is 0.962. The number of nitrogens with zero attached hydrogens (tertiary/aromatic N) is 1. The van der Waals surface area contributed by atoms with E-state index in [9.17, 15) is 9.18 Å². The van der Waals surface area contributed by atoms with Crippen molar-refractivity contribution in [3.8, 4) is 0 Å². The molecule has 0 heterocycles. The molecule has 0 saturated carbocycles. The minimum Gasteiger partial charge on any atom is -0.337 e. The zero-order valence-electron chi connectivity index (χ0n) is 9.31. The molecule has 16 heavy (non-hydrogen) atoms. The van der Waals surface area contributed by atoms with Crippen LogP contribution in [0.15, 0.2) is 27.6 Å². The van der Waals surface area contributed by atoms with Gasteiger partial charge in [-0.1, -0.05) is 17.7 Å². The first-order valence-corrected chi connectivity index (χ1v) is 5.03. The second kappa shape index (κ2) is 7.87. The van der Waals surface area contributed by atoms with Gasteiger partial charge in [0.1, 0.15) is 12.5 Å². The van der Waals surface area contributed by atoms with Crippen LogP contribution in [-0.2, 0) is 4.79 Å². The molecule has 0 radical (unpaired) electrons. The SMILES string of the molecule is C=NNCNC(=O)CC(/C(Cl)=C\C)=C(/C)F. The lowest BCUT2D eigenvalue weighted by Gasteiger charge is -2.07. The summed E-state index contributed by atoms with van der Waals surface area (Å²) in [5.74, 6) is -0.809. The van der Waals surface area contributed by atoms with Crippen LogP contribution in [0.3, 0.4) is 0 Å². The van der Waals surface area contributed by atoms with Crippen LogP contribution >= 0.6 is 11.6 Å². The van der Waals surface area contributed by atoms with E-state index in [2.05, 4.69) is 22.6 Å². The molecule has 0 aromatic rings. The number of hydrazone groups is 1. The molecule has 90 valence electrons. The van der Waals surface area contributed by atoms with Gasteiger partial charge in [-0.2, -0.15) is 5.10 Å². The molecule has 0 rings (SSSR count). The Balaban J connectivity index is 4.39. The minimum atomic E-state index is -0.465. The van der Waals surface area contributed by atoms with Gasteiger partial charge in [0, 0.05) is 17.3 Å². The van der Waals surface area contributed by atoms with Gasteiger partial charge in [-0.25, -0.2) is 4.39 Å². The smallest absolute Gasteiger partial charge is 0.225 e. The maximum Gasteiger partial charge on any atom is 0.225 e. The summed E-state index contributed by atoms with van der Waals surface area (Å²) in [6.45, 7) is 6.26. The van der Waals surface area contributed by atoms with E-state index in [0.717, 1.165) is 0 Å². The lowest BCUT2D eigenvalue weighted by molar-refractivity contribution is -0.120. The molecule has 0 fully saturated rings. The van der Waals surface area contributed by atoms with Crippen LogP contribution in [0.25, 0.3) is 0 Å². The van der Waals surface area contributed by atoms with E-state index in [4.69, 9.17) is 11.6 Å². The molecule has 0 unspecified atom stereocenters. The zero-order chi connectivity index (χ0) is 12.6. The number of rotatable bonds is 6. The summed E-state index contributed by atoms with van der Waals surface area (Å²) in [6.07, 6.45) is 1.43. The molecular formula is C10H15ClFN3O. The average Bonchev–Trinajstić information content (AvgIpc) is 2.25. The van der Waals surface area contributed by atoms with E-state index in [0.29, 0.717) is 0 Å². The van der Waals surface area contributed by atoms with Crippen LogP contribution < -0.4 is 10.7 Å². The lowest BCUT2D eigenvalue weighted by Crippen LogP contribution is -2.31. The summed E-state index contributed by atoms with van der Waals surface area (Å²) < 4.78 is 13.1. The molecule has 0 aromatic carbocycles. The lowest BCUT2D eigenvalue weighted by atomic mass is 10.1. The average molecular weight is 248 g/mol. The first-order chi connectivity index (χ1) is 7.52. The van der Waals surface area contributed by atoms with Gasteiger partial charge in [0.2, 0.25) is 5.91 Å². The number of hydrogen-bond acceptors (Lipinski definition) is 3. The Morgan fingerprint density at radius 2 is 2.25 bits per heavy atom. The number of nitrogens with one attached hydrogen (secondary N) is 2. The molecule has 0 aromatic heterocycles. The van der Waals surface area contributed by atoms with Crippen molar-refractivity contribution in [1.29, 1.82) is 0 Å². The Hall–Kier alpha value is -1.36. The highest BCUT2D eigenvalue weighted by atomic mass is 35.5. The van der Waals surface area contributed by atoms with Crippen molar-refractivity contribution >= 4 is 24.2 Å². The van der Waals surface area contributed by atoms with Crippen molar-refractivity contribution in [2.45, 2.75) is 20.3 Å². The summed E-state index contributed by atoms with van der Waals surface area (Å²) in [7, 11) is 0. The molecule has 0 aliphatic heterocycles. The number of halogens is 2. The third-order valence-electron chi connectivity index (χ3n) is 1.77. The van der Waals surface area contributed by atoms with E-state index in [1.165, 1.54) is 13.0 Å². The molecule has 4 nitrogen and oxygen atoms in total. The van der Waals surface area contributed by atoms with Crippen LogP contribution in [0.5, 0.6) is 0 Å². The number of carbonyl (C=O) groups is 1. The van der Waals surface area contributed by atoms with Crippen LogP contribution in [0.1, 0.15) is 20.3 Å². The Bertz CT molecular complexity index is 322. The number of hydrogen-bond donors (Lipinski definition) is 2. The van der Waals surface area contributed by atoms with Crippen molar-refractivity contribution in [3.05, 3.63) is 22.5 Å². The van der Waals surface area contributed by atoms with Gasteiger partial charge in [-0.3, -0.25) is 10.2 Å². The van der Waals surface area contributed by atoms with Gasteiger partial charge in [0.15, 0.2) is 0 Å². The fourth-order valence-corrected chi connectivity index (χ4v) is 1.16. The molecular weight excluding hydrogens is 233 g/mol. The highest BCUT2D eigenvalue weighted by Crippen LogP contribution is 2.22. The Morgan fingerprint density at radius 3 is 2.69 bits per heavy atom. The number of carbonyl (C=O) groups excluding carboxylic acids is 1. The van der Waals surface area contributed by atoms with Gasteiger partial charge in [0.05, 0.1) is 6.42 Å². The van der Waals surface area contributed by atoms with E-state index in [1.54, 1.807) is 6.92 Å². The number of amides is 1. The molecule has 0 aliphatic carbocycles. The molecule has 6 heteroatoms. The van der Waals surface area contributed by atoms with Gasteiger partial charge >= 0.3 is 0 Å². The van der Waals surface area contributed by atoms with Crippen molar-refractivity contribution in [3.63, 3.8) is 0 Å². The quantitative estimate of drug-likeness (QED) is 0.248. The fraction of sp³-hybridized carbons (Fsp3) is 0.400. The maximum atomic E-state index is 13.1. The molecule has 0 atom stereocenters. The second-order valence-corrected chi connectivity index (χ2v) is 3.33. The Labute approximate surface area is 99.2 Å². The molecule has 2 N–H and O–H groups in total. The number of allylic oxidation sites excluding steroid dienone is 3. The van der Waals surface area contributed by atoms with E-state index < -0.39 is 5.83 Å². The van der Waals surface area contributed by atoms with Crippen LogP contribution in [0.2, 0.25) is 0 Å². The first kappa shape index (κ1) is 14.6. The van der Waals surface area contributed by atoms with Gasteiger partial charge in [-0.15, -0.1) is 0 Å². The Morgan fingerprint density at radius 1 is 1.62 bits per heavy atom. The molecule has 0 aliphatic rings. The predicted molar refractivity (Wildman–Crippen MR) is 63.7 cm³/mol. The standard InChI is InChI=1S/C10H15ClFN3O/c1-4-9(11)8(7(2)12)5-10(16)14-6-15-13-3/h4,15H,3,5-6H2,1-2H3,(H,14,16)/b8-7+,9-4+. The van der Waals surface area contributed by atoms with Gasteiger partial charge in [0.25, 0.3) is 0 Å². The highest BCUT2D eigenvalue weighted by Gasteiger charge is 2.11. The minimum absolute atomic E-state index is 0.107. The second-order valence-electron chi connectivity index (χ2n) is 2.92. The molecule has 0 saturated heterocycles. The van der Waals surface area contributed by atoms with Crippen molar-refractivity contribution < 1.29 is 9.18 Å². The maximum absolute atomic E-state index is 13.1. The largest absolute Gasteiger partial charge is 0.337 e. The highest BCUT2D eigenvalue weighted by molar-refractivity contribution is 6.32. The van der Waals surface area contributed by atoms with Gasteiger partial charge in [-0.05, 0) is 13.8 Å². The van der Waals surface area contributed by atoms with E-state index >= 15 is 0 Å². The van der Waals surface area contributed by atoms with Crippen LogP contribution in [0, 0.1) is 0 Å². The van der Waals surface area contributed by atoms with E-state index in [-0.39, 0.29) is 29.6 Å². The van der Waals surface area contributed by atoms with Crippen LogP contribution in [-0.4, -0.2) is 19.3 Å². The van der Waals surface area contributed by atoms with Crippen molar-refractivity contribution in [2.75, 3.05) is 6.67 Å². The summed E-state index contributed by atoms with van der Waals surface area (Å²) >= 11 is 5.77.